The molecule has 0 aromatic heterocycles. The Bertz CT molecular complexity index is 432. The average Bonchev–Trinajstić information content (AvgIpc) is 2.14. The molecule has 0 saturated carbocycles. The summed E-state index contributed by atoms with van der Waals surface area (Å²) < 4.78 is 24.1. The predicted molar refractivity (Wildman–Crippen MR) is 66.9 cm³/mol. The molecule has 0 heterocycles. The summed E-state index contributed by atoms with van der Waals surface area (Å²) >= 11 is 0. The first-order valence-corrected chi connectivity index (χ1v) is 6.99. The second kappa shape index (κ2) is 4.55. The van der Waals surface area contributed by atoms with Gasteiger partial charge < -0.3 is 5.73 Å². The summed E-state index contributed by atoms with van der Waals surface area (Å²) in [6.45, 7) is 5.15. The van der Waals surface area contributed by atoms with Gasteiger partial charge >= 0.3 is 0 Å². The van der Waals surface area contributed by atoms with Gasteiger partial charge in [0, 0.05) is 5.54 Å². The van der Waals surface area contributed by atoms with E-state index in [0.29, 0.717) is 0 Å². The quantitative estimate of drug-likeness (QED) is 0.875. The molecule has 0 radical (unpaired) electrons. The number of hydrogen-bond acceptors (Lipinski definition) is 3. The van der Waals surface area contributed by atoms with Gasteiger partial charge in [-0.1, -0.05) is 30.3 Å². The van der Waals surface area contributed by atoms with Crippen molar-refractivity contribution >= 4 is 9.84 Å². The predicted octanol–water partition coefficient (Wildman–Crippen LogP) is 1.90. The highest BCUT2D eigenvalue weighted by Crippen LogP contribution is 2.24. The normalized spacial score (nSPS) is 14.8. The SMILES string of the molecule is CC(c1ccccc1)S(=O)(=O)CC(C)(C)N. The van der Waals surface area contributed by atoms with Crippen molar-refractivity contribution in [3.05, 3.63) is 35.9 Å². The van der Waals surface area contributed by atoms with Gasteiger partial charge in [0.2, 0.25) is 0 Å². The standard InChI is InChI=1S/C12H19NO2S/c1-10(11-7-5-4-6-8-11)16(14,15)9-12(2,3)13/h4-8,10H,9,13H2,1-3H3. The molecule has 0 aliphatic rings. The zero-order valence-corrected chi connectivity index (χ0v) is 10.8. The molecule has 1 rings (SSSR count). The molecule has 1 aromatic rings. The van der Waals surface area contributed by atoms with Crippen LogP contribution in [0.2, 0.25) is 0 Å². The first kappa shape index (κ1) is 13.2. The maximum Gasteiger partial charge on any atom is 0.158 e. The molecule has 0 fully saturated rings. The van der Waals surface area contributed by atoms with Gasteiger partial charge in [-0.15, -0.1) is 0 Å². The molecule has 0 aliphatic heterocycles. The van der Waals surface area contributed by atoms with Crippen LogP contribution in [-0.4, -0.2) is 19.7 Å². The van der Waals surface area contributed by atoms with E-state index in [-0.39, 0.29) is 5.75 Å². The molecule has 0 bridgehead atoms. The Morgan fingerprint density at radius 2 is 1.75 bits per heavy atom. The Morgan fingerprint density at radius 1 is 1.25 bits per heavy atom. The summed E-state index contributed by atoms with van der Waals surface area (Å²) in [5.41, 5.74) is 5.88. The summed E-state index contributed by atoms with van der Waals surface area (Å²) in [6.07, 6.45) is 0. The van der Waals surface area contributed by atoms with E-state index >= 15 is 0 Å². The molecule has 0 amide bonds. The third kappa shape index (κ3) is 3.61. The van der Waals surface area contributed by atoms with Crippen molar-refractivity contribution in [3.8, 4) is 0 Å². The molecule has 90 valence electrons. The van der Waals surface area contributed by atoms with Crippen molar-refractivity contribution in [1.29, 1.82) is 0 Å². The number of benzene rings is 1. The fraction of sp³-hybridized carbons (Fsp3) is 0.500. The van der Waals surface area contributed by atoms with Crippen molar-refractivity contribution in [2.75, 3.05) is 5.75 Å². The monoisotopic (exact) mass is 241 g/mol. The van der Waals surface area contributed by atoms with Gasteiger partial charge in [-0.05, 0) is 26.3 Å². The van der Waals surface area contributed by atoms with Gasteiger partial charge in [0.1, 0.15) is 0 Å². The topological polar surface area (TPSA) is 60.2 Å². The van der Waals surface area contributed by atoms with Crippen LogP contribution in [0.1, 0.15) is 31.6 Å². The number of nitrogens with two attached hydrogens (primary N) is 1. The van der Waals surface area contributed by atoms with Gasteiger partial charge in [-0.25, -0.2) is 8.42 Å². The van der Waals surface area contributed by atoms with Crippen LogP contribution in [0.3, 0.4) is 0 Å². The van der Waals surface area contributed by atoms with Crippen LogP contribution in [0.5, 0.6) is 0 Å². The summed E-state index contributed by atoms with van der Waals surface area (Å²) in [4.78, 5) is 0. The van der Waals surface area contributed by atoms with Crippen LogP contribution in [0.15, 0.2) is 30.3 Å². The van der Waals surface area contributed by atoms with Crippen molar-refractivity contribution in [3.63, 3.8) is 0 Å². The molecule has 16 heavy (non-hydrogen) atoms. The molecule has 1 unspecified atom stereocenters. The Balaban J connectivity index is 2.94. The molecule has 3 nitrogen and oxygen atoms in total. The van der Waals surface area contributed by atoms with Crippen LogP contribution in [0, 0.1) is 0 Å². The first-order valence-electron chi connectivity index (χ1n) is 5.28. The molecule has 0 aliphatic carbocycles. The highest BCUT2D eigenvalue weighted by atomic mass is 32.2. The largest absolute Gasteiger partial charge is 0.325 e. The third-order valence-corrected chi connectivity index (χ3v) is 4.88. The Hall–Kier alpha value is -0.870. The molecule has 1 atom stereocenters. The lowest BCUT2D eigenvalue weighted by Gasteiger charge is -2.21. The van der Waals surface area contributed by atoms with Crippen molar-refractivity contribution < 1.29 is 8.42 Å². The summed E-state index contributed by atoms with van der Waals surface area (Å²) in [5, 5.41) is -0.503. The van der Waals surface area contributed by atoms with E-state index in [2.05, 4.69) is 0 Å². The van der Waals surface area contributed by atoms with Gasteiger partial charge in [0.15, 0.2) is 9.84 Å². The van der Waals surface area contributed by atoms with Gasteiger partial charge in [-0.2, -0.15) is 0 Å². The fourth-order valence-corrected chi connectivity index (χ4v) is 3.43. The third-order valence-electron chi connectivity index (χ3n) is 2.38. The van der Waals surface area contributed by atoms with E-state index in [9.17, 15) is 8.42 Å². The van der Waals surface area contributed by atoms with E-state index in [1.807, 2.05) is 30.3 Å². The maximum absolute atomic E-state index is 12.1. The van der Waals surface area contributed by atoms with E-state index in [4.69, 9.17) is 5.73 Å². The highest BCUT2D eigenvalue weighted by Gasteiger charge is 2.28. The lowest BCUT2D eigenvalue weighted by atomic mass is 10.1. The average molecular weight is 241 g/mol. The van der Waals surface area contributed by atoms with E-state index < -0.39 is 20.6 Å². The smallest absolute Gasteiger partial charge is 0.158 e. The minimum Gasteiger partial charge on any atom is -0.325 e. The summed E-state index contributed by atoms with van der Waals surface area (Å²) in [5.74, 6) is -0.00391. The molecule has 0 spiro atoms. The fourth-order valence-electron chi connectivity index (χ4n) is 1.57. The second-order valence-electron chi connectivity index (χ2n) is 4.85. The Kier molecular flexibility index (Phi) is 3.76. The molecular formula is C12H19NO2S. The lowest BCUT2D eigenvalue weighted by Crippen LogP contribution is -2.40. The number of rotatable bonds is 4. The van der Waals surface area contributed by atoms with Crippen LogP contribution >= 0.6 is 0 Å². The number of hydrogen-bond donors (Lipinski definition) is 1. The van der Waals surface area contributed by atoms with Gasteiger partial charge in [0.25, 0.3) is 0 Å². The van der Waals surface area contributed by atoms with Crippen molar-refractivity contribution in [2.45, 2.75) is 31.6 Å². The van der Waals surface area contributed by atoms with E-state index in [1.54, 1.807) is 20.8 Å². The molecule has 4 heteroatoms. The Morgan fingerprint density at radius 3 is 2.19 bits per heavy atom. The van der Waals surface area contributed by atoms with Crippen LogP contribution < -0.4 is 5.73 Å². The van der Waals surface area contributed by atoms with Gasteiger partial charge in [0.05, 0.1) is 11.0 Å². The summed E-state index contributed by atoms with van der Waals surface area (Å²) in [6, 6.07) is 9.21. The Labute approximate surface area is 97.6 Å². The minimum atomic E-state index is -3.20. The lowest BCUT2D eigenvalue weighted by molar-refractivity contribution is 0.538. The van der Waals surface area contributed by atoms with Crippen LogP contribution in [0.25, 0.3) is 0 Å². The van der Waals surface area contributed by atoms with Crippen molar-refractivity contribution in [2.24, 2.45) is 5.73 Å². The highest BCUT2D eigenvalue weighted by molar-refractivity contribution is 7.91. The maximum atomic E-state index is 12.1. The number of sulfone groups is 1. The molecule has 0 saturated heterocycles. The van der Waals surface area contributed by atoms with E-state index in [0.717, 1.165) is 5.56 Å². The molecule has 1 aromatic carbocycles. The van der Waals surface area contributed by atoms with Crippen LogP contribution in [0.4, 0.5) is 0 Å². The van der Waals surface area contributed by atoms with E-state index in [1.165, 1.54) is 0 Å². The molecular weight excluding hydrogens is 222 g/mol. The molecule has 2 N–H and O–H groups in total. The second-order valence-corrected chi connectivity index (χ2v) is 7.17. The van der Waals surface area contributed by atoms with Crippen LogP contribution in [-0.2, 0) is 9.84 Å². The van der Waals surface area contributed by atoms with Crippen molar-refractivity contribution in [1.82, 2.24) is 0 Å². The zero-order valence-electron chi connectivity index (χ0n) is 9.97. The minimum absolute atomic E-state index is 0.00391. The van der Waals surface area contributed by atoms with Gasteiger partial charge in [-0.3, -0.25) is 0 Å². The first-order chi connectivity index (χ1) is 7.22. The summed E-state index contributed by atoms with van der Waals surface area (Å²) in [7, 11) is -3.20. The zero-order chi connectivity index (χ0) is 12.4.